The van der Waals surface area contributed by atoms with Gasteiger partial charge in [-0.2, -0.15) is 0 Å². The van der Waals surface area contributed by atoms with Crippen LogP contribution in [0.25, 0.3) is 0 Å². The number of benzene rings is 1. The Morgan fingerprint density at radius 2 is 2.09 bits per heavy atom. The van der Waals surface area contributed by atoms with Gasteiger partial charge in [-0.3, -0.25) is 4.79 Å². The highest BCUT2D eigenvalue weighted by Crippen LogP contribution is 2.57. The van der Waals surface area contributed by atoms with Crippen LogP contribution in [0.3, 0.4) is 0 Å². The molecule has 2 nitrogen and oxygen atoms in total. The molecule has 4 rings (SSSR count). The van der Waals surface area contributed by atoms with Gasteiger partial charge in [-0.05, 0) is 79.2 Å². The molecule has 0 unspecified atom stereocenters. The minimum absolute atomic E-state index is 0.125. The number of hydrogen-bond acceptors (Lipinski definition) is 2. The highest BCUT2D eigenvalue weighted by Gasteiger charge is 2.52. The molecule has 1 fully saturated rings. The Kier molecular flexibility index (Phi) is 3.01. The van der Waals surface area contributed by atoms with Gasteiger partial charge in [0.05, 0.1) is 7.11 Å². The van der Waals surface area contributed by atoms with Gasteiger partial charge in [-0.1, -0.05) is 19.1 Å². The predicted octanol–water partition coefficient (Wildman–Crippen LogP) is 4.20. The lowest BCUT2D eigenvalue weighted by atomic mass is 9.55. The van der Waals surface area contributed by atoms with E-state index in [9.17, 15) is 4.79 Å². The van der Waals surface area contributed by atoms with E-state index in [1.165, 1.54) is 23.1 Å². The third-order valence-electron chi connectivity index (χ3n) is 6.51. The van der Waals surface area contributed by atoms with Crippen molar-refractivity contribution in [2.75, 3.05) is 7.11 Å². The summed E-state index contributed by atoms with van der Waals surface area (Å²) in [6.07, 6.45) is 8.53. The monoisotopic (exact) mass is 296 g/mol. The van der Waals surface area contributed by atoms with E-state index in [-0.39, 0.29) is 5.41 Å². The van der Waals surface area contributed by atoms with Gasteiger partial charge in [0.2, 0.25) is 0 Å². The molecule has 0 aliphatic heterocycles. The van der Waals surface area contributed by atoms with Gasteiger partial charge < -0.3 is 4.74 Å². The van der Waals surface area contributed by atoms with Crippen LogP contribution in [0, 0.1) is 24.2 Å². The van der Waals surface area contributed by atoms with Gasteiger partial charge in [-0.25, -0.2) is 0 Å². The first-order chi connectivity index (χ1) is 10.5. The molecular weight excluding hydrogens is 272 g/mol. The highest BCUT2D eigenvalue weighted by molar-refractivity contribution is 5.97. The molecule has 1 aromatic carbocycles. The van der Waals surface area contributed by atoms with E-state index < -0.39 is 0 Å². The fourth-order valence-corrected chi connectivity index (χ4v) is 5.21. The van der Waals surface area contributed by atoms with Gasteiger partial charge in [0.1, 0.15) is 5.75 Å². The number of fused-ring (bicyclic) bond motifs is 5. The van der Waals surface area contributed by atoms with E-state index >= 15 is 0 Å². The van der Waals surface area contributed by atoms with Crippen LogP contribution in [0.5, 0.6) is 5.75 Å². The largest absolute Gasteiger partial charge is 0.496 e. The third-order valence-corrected chi connectivity index (χ3v) is 6.51. The number of carbonyl (C=O) groups excluding carboxylic acids is 1. The minimum Gasteiger partial charge on any atom is -0.496 e. The third kappa shape index (κ3) is 1.76. The summed E-state index contributed by atoms with van der Waals surface area (Å²) < 4.78 is 5.49. The number of carbonyl (C=O) groups is 1. The van der Waals surface area contributed by atoms with Crippen molar-refractivity contribution in [1.82, 2.24) is 0 Å². The number of ether oxygens (including phenoxy) is 1. The first kappa shape index (κ1) is 14.0. The zero-order valence-electron chi connectivity index (χ0n) is 13.7. The molecule has 4 atom stereocenters. The lowest BCUT2D eigenvalue weighted by molar-refractivity contribution is -0.126. The summed E-state index contributed by atoms with van der Waals surface area (Å²) in [6.45, 7) is 4.32. The van der Waals surface area contributed by atoms with E-state index in [1.54, 1.807) is 7.11 Å². The number of hydrogen-bond donors (Lipinski definition) is 0. The molecule has 2 heteroatoms. The molecule has 0 aromatic heterocycles. The second-order valence-corrected chi connectivity index (χ2v) is 7.53. The zero-order valence-corrected chi connectivity index (χ0v) is 13.7. The number of ketones is 1. The van der Waals surface area contributed by atoms with Gasteiger partial charge in [-0.15, -0.1) is 0 Å². The Morgan fingerprint density at radius 1 is 1.27 bits per heavy atom. The topological polar surface area (TPSA) is 26.3 Å². The van der Waals surface area contributed by atoms with Crippen LogP contribution in [0.2, 0.25) is 0 Å². The van der Waals surface area contributed by atoms with Crippen molar-refractivity contribution in [2.45, 2.75) is 45.4 Å². The molecule has 0 amide bonds. The molecule has 0 radical (unpaired) electrons. The molecule has 0 heterocycles. The van der Waals surface area contributed by atoms with Crippen LogP contribution in [0.15, 0.2) is 24.3 Å². The molecular formula is C20H24O2. The van der Waals surface area contributed by atoms with Gasteiger partial charge in [0, 0.05) is 5.41 Å². The van der Waals surface area contributed by atoms with Gasteiger partial charge in [0.15, 0.2) is 5.78 Å². The summed E-state index contributed by atoms with van der Waals surface area (Å²) in [5.41, 5.74) is 4.08. The zero-order chi connectivity index (χ0) is 15.5. The van der Waals surface area contributed by atoms with Crippen molar-refractivity contribution in [3.8, 4) is 5.75 Å². The minimum atomic E-state index is -0.125. The Bertz CT molecular complexity index is 673. The number of methoxy groups -OCH3 is 1. The normalized spacial score (nSPS) is 35.8. The first-order valence-corrected chi connectivity index (χ1v) is 8.44. The predicted molar refractivity (Wildman–Crippen MR) is 87.3 cm³/mol. The van der Waals surface area contributed by atoms with Crippen LogP contribution < -0.4 is 4.74 Å². The van der Waals surface area contributed by atoms with Crippen molar-refractivity contribution < 1.29 is 9.53 Å². The highest BCUT2D eigenvalue weighted by atomic mass is 16.5. The summed E-state index contributed by atoms with van der Waals surface area (Å²) in [5.74, 6) is 3.04. The van der Waals surface area contributed by atoms with E-state index in [1.807, 2.05) is 6.08 Å². The average Bonchev–Trinajstić information content (AvgIpc) is 2.82. The molecule has 22 heavy (non-hydrogen) atoms. The standard InChI is InChI=1S/C20H24O2/c1-12-10-16-13(11-18(12)22-3)4-5-15-14(16)8-9-20(2)17(15)6-7-19(20)21/h6-7,10-11,14-15,17H,4-5,8-9H2,1-3H3/t14-,15+,17-,20-/m0/s1. The molecule has 3 aliphatic rings. The molecule has 0 bridgehead atoms. The number of rotatable bonds is 1. The number of aryl methyl sites for hydroxylation is 2. The second kappa shape index (κ2) is 4.71. The second-order valence-electron chi connectivity index (χ2n) is 7.53. The molecule has 116 valence electrons. The Balaban J connectivity index is 1.74. The molecule has 1 saturated carbocycles. The van der Waals surface area contributed by atoms with Crippen molar-refractivity contribution in [3.05, 3.63) is 41.0 Å². The lowest BCUT2D eigenvalue weighted by Crippen LogP contribution is -2.42. The molecule has 0 N–H and O–H groups in total. The maximum Gasteiger partial charge on any atom is 0.161 e. The molecule has 1 aromatic rings. The quantitative estimate of drug-likeness (QED) is 0.776. The van der Waals surface area contributed by atoms with Crippen LogP contribution >= 0.6 is 0 Å². The van der Waals surface area contributed by atoms with E-state index in [0.29, 0.717) is 23.5 Å². The first-order valence-electron chi connectivity index (χ1n) is 8.44. The van der Waals surface area contributed by atoms with E-state index in [4.69, 9.17) is 4.74 Å². The maximum absolute atomic E-state index is 12.3. The van der Waals surface area contributed by atoms with E-state index in [2.05, 4.69) is 32.1 Å². The van der Waals surface area contributed by atoms with Crippen LogP contribution in [0.4, 0.5) is 0 Å². The average molecular weight is 296 g/mol. The SMILES string of the molecule is COc1cc2c(cc1C)[C@H]1CC[C@]3(C)C(=O)C=C[C@H]3[C@@H]1CC2. The van der Waals surface area contributed by atoms with Crippen LogP contribution in [-0.4, -0.2) is 12.9 Å². The van der Waals surface area contributed by atoms with Gasteiger partial charge >= 0.3 is 0 Å². The Hall–Kier alpha value is -1.57. The number of allylic oxidation sites excluding steroid dienone is 2. The van der Waals surface area contributed by atoms with E-state index in [0.717, 1.165) is 25.0 Å². The Labute approximate surface area is 132 Å². The smallest absolute Gasteiger partial charge is 0.161 e. The van der Waals surface area contributed by atoms with Gasteiger partial charge in [0.25, 0.3) is 0 Å². The summed E-state index contributed by atoms with van der Waals surface area (Å²) in [6, 6.07) is 4.58. The summed E-state index contributed by atoms with van der Waals surface area (Å²) >= 11 is 0. The van der Waals surface area contributed by atoms with Crippen molar-refractivity contribution >= 4 is 5.78 Å². The summed E-state index contributed by atoms with van der Waals surface area (Å²) in [5, 5.41) is 0. The van der Waals surface area contributed by atoms with Crippen molar-refractivity contribution in [1.29, 1.82) is 0 Å². The fraction of sp³-hybridized carbons (Fsp3) is 0.550. The summed E-state index contributed by atoms with van der Waals surface area (Å²) in [4.78, 5) is 12.3. The van der Waals surface area contributed by atoms with Crippen LogP contribution in [0.1, 0.15) is 48.8 Å². The van der Waals surface area contributed by atoms with Crippen LogP contribution in [-0.2, 0) is 11.2 Å². The summed E-state index contributed by atoms with van der Waals surface area (Å²) in [7, 11) is 1.75. The Morgan fingerprint density at radius 3 is 2.86 bits per heavy atom. The molecule has 0 spiro atoms. The molecule has 3 aliphatic carbocycles. The lowest BCUT2D eigenvalue weighted by Gasteiger charge is -2.48. The van der Waals surface area contributed by atoms with Crippen molar-refractivity contribution in [3.63, 3.8) is 0 Å². The fourth-order valence-electron chi connectivity index (χ4n) is 5.21. The maximum atomic E-state index is 12.3. The van der Waals surface area contributed by atoms with Crippen molar-refractivity contribution in [2.24, 2.45) is 17.3 Å². The molecule has 0 saturated heterocycles.